The average molecular weight is 209 g/mol. The molecule has 1 aliphatic heterocycles. The summed E-state index contributed by atoms with van der Waals surface area (Å²) in [5.74, 6) is 0.583. The van der Waals surface area contributed by atoms with Crippen LogP contribution in [0.15, 0.2) is 6.20 Å². The lowest BCUT2D eigenvalue weighted by Crippen LogP contribution is -2.19. The fourth-order valence-corrected chi connectivity index (χ4v) is 2.29. The highest BCUT2D eigenvalue weighted by molar-refractivity contribution is 5.22. The number of hydrogen-bond donors (Lipinski definition) is 1. The third-order valence-corrected chi connectivity index (χ3v) is 3.09. The standard InChI is InChI=1S/C11H19N3O/c1-2-14-11(10(7-12)8-13-14)9-3-5-15-6-4-9/h8-9H,2-7,12H2,1H3. The fraction of sp³-hybridized carbons (Fsp3) is 0.727. The second-order valence-electron chi connectivity index (χ2n) is 3.96. The summed E-state index contributed by atoms with van der Waals surface area (Å²) in [6.07, 6.45) is 4.10. The van der Waals surface area contributed by atoms with Crippen molar-refractivity contribution < 1.29 is 4.74 Å². The van der Waals surface area contributed by atoms with Crippen molar-refractivity contribution in [3.63, 3.8) is 0 Å². The van der Waals surface area contributed by atoms with Gasteiger partial charge in [-0.3, -0.25) is 4.68 Å². The molecule has 1 fully saturated rings. The van der Waals surface area contributed by atoms with Gasteiger partial charge < -0.3 is 10.5 Å². The Hall–Kier alpha value is -0.870. The van der Waals surface area contributed by atoms with Gasteiger partial charge in [0.05, 0.1) is 6.20 Å². The van der Waals surface area contributed by atoms with Gasteiger partial charge in [0.2, 0.25) is 0 Å². The van der Waals surface area contributed by atoms with Crippen molar-refractivity contribution in [2.24, 2.45) is 5.73 Å². The Morgan fingerprint density at radius 1 is 1.53 bits per heavy atom. The average Bonchev–Trinajstić information content (AvgIpc) is 2.72. The quantitative estimate of drug-likeness (QED) is 0.815. The highest BCUT2D eigenvalue weighted by atomic mass is 16.5. The van der Waals surface area contributed by atoms with Crippen LogP contribution < -0.4 is 5.73 Å². The molecule has 1 aromatic rings. The van der Waals surface area contributed by atoms with Crippen molar-refractivity contribution in [1.29, 1.82) is 0 Å². The van der Waals surface area contributed by atoms with Crippen LogP contribution in [0.25, 0.3) is 0 Å². The number of aryl methyl sites for hydroxylation is 1. The van der Waals surface area contributed by atoms with Gasteiger partial charge in [-0.15, -0.1) is 0 Å². The third-order valence-electron chi connectivity index (χ3n) is 3.09. The van der Waals surface area contributed by atoms with E-state index in [9.17, 15) is 0 Å². The minimum atomic E-state index is 0.583. The molecule has 0 aliphatic carbocycles. The van der Waals surface area contributed by atoms with Crippen molar-refractivity contribution >= 4 is 0 Å². The van der Waals surface area contributed by atoms with Gasteiger partial charge in [-0.05, 0) is 19.8 Å². The molecule has 0 amide bonds. The maximum atomic E-state index is 5.74. The first-order valence-electron chi connectivity index (χ1n) is 5.69. The monoisotopic (exact) mass is 209 g/mol. The van der Waals surface area contributed by atoms with Crippen LogP contribution in [0.4, 0.5) is 0 Å². The summed E-state index contributed by atoms with van der Waals surface area (Å²) in [5, 5.41) is 4.38. The van der Waals surface area contributed by atoms with Gasteiger partial charge >= 0.3 is 0 Å². The predicted molar refractivity (Wildman–Crippen MR) is 58.6 cm³/mol. The van der Waals surface area contributed by atoms with Crippen LogP contribution in [0.1, 0.15) is 36.9 Å². The van der Waals surface area contributed by atoms with Gasteiger partial charge in [0.1, 0.15) is 0 Å². The normalized spacial score (nSPS) is 18.3. The Balaban J connectivity index is 2.26. The van der Waals surface area contributed by atoms with Crippen LogP contribution in [0.5, 0.6) is 0 Å². The molecule has 1 aliphatic rings. The zero-order valence-electron chi connectivity index (χ0n) is 9.28. The summed E-state index contributed by atoms with van der Waals surface area (Å²) in [4.78, 5) is 0. The van der Waals surface area contributed by atoms with Crippen molar-refractivity contribution in [3.8, 4) is 0 Å². The molecule has 0 unspecified atom stereocenters. The zero-order chi connectivity index (χ0) is 10.7. The maximum Gasteiger partial charge on any atom is 0.0537 e. The van der Waals surface area contributed by atoms with Crippen LogP contribution in [0.2, 0.25) is 0 Å². The SMILES string of the molecule is CCn1ncc(CN)c1C1CCOCC1. The Labute approximate surface area is 90.4 Å². The first kappa shape index (κ1) is 10.6. The number of ether oxygens (including phenoxy) is 1. The maximum absolute atomic E-state index is 5.74. The molecule has 2 heterocycles. The largest absolute Gasteiger partial charge is 0.381 e. The zero-order valence-corrected chi connectivity index (χ0v) is 9.28. The highest BCUT2D eigenvalue weighted by Crippen LogP contribution is 2.29. The molecule has 0 radical (unpaired) electrons. The lowest BCUT2D eigenvalue weighted by Gasteiger charge is -2.23. The molecule has 0 spiro atoms. The summed E-state index contributed by atoms with van der Waals surface area (Å²) in [6, 6.07) is 0. The summed E-state index contributed by atoms with van der Waals surface area (Å²) in [7, 11) is 0. The molecule has 1 saturated heterocycles. The lowest BCUT2D eigenvalue weighted by molar-refractivity contribution is 0.0833. The van der Waals surface area contributed by atoms with E-state index in [1.165, 1.54) is 11.3 Å². The van der Waals surface area contributed by atoms with Gasteiger partial charge in [-0.2, -0.15) is 5.10 Å². The van der Waals surface area contributed by atoms with Crippen LogP contribution in [-0.2, 0) is 17.8 Å². The van der Waals surface area contributed by atoms with E-state index in [0.717, 1.165) is 32.6 Å². The highest BCUT2D eigenvalue weighted by Gasteiger charge is 2.22. The topological polar surface area (TPSA) is 53.1 Å². The van der Waals surface area contributed by atoms with E-state index in [1.807, 2.05) is 6.20 Å². The predicted octanol–water partition coefficient (Wildman–Crippen LogP) is 1.26. The number of nitrogens with zero attached hydrogens (tertiary/aromatic N) is 2. The van der Waals surface area contributed by atoms with Crippen molar-refractivity contribution in [2.45, 2.75) is 38.8 Å². The first-order chi connectivity index (χ1) is 7.36. The van der Waals surface area contributed by atoms with Crippen LogP contribution >= 0.6 is 0 Å². The number of nitrogens with two attached hydrogens (primary N) is 1. The number of aromatic nitrogens is 2. The minimum Gasteiger partial charge on any atom is -0.381 e. The molecule has 2 rings (SSSR count). The van der Waals surface area contributed by atoms with Crippen molar-refractivity contribution in [2.75, 3.05) is 13.2 Å². The molecule has 0 bridgehead atoms. The van der Waals surface area contributed by atoms with Crippen LogP contribution in [0.3, 0.4) is 0 Å². The molecular formula is C11H19N3O. The minimum absolute atomic E-state index is 0.583. The summed E-state index contributed by atoms with van der Waals surface area (Å²) < 4.78 is 7.47. The van der Waals surface area contributed by atoms with Crippen LogP contribution in [-0.4, -0.2) is 23.0 Å². The summed E-state index contributed by atoms with van der Waals surface area (Å²) in [5.41, 5.74) is 8.28. The number of hydrogen-bond acceptors (Lipinski definition) is 3. The summed E-state index contributed by atoms with van der Waals surface area (Å²) >= 11 is 0. The second kappa shape index (κ2) is 4.77. The van der Waals surface area contributed by atoms with E-state index >= 15 is 0 Å². The van der Waals surface area contributed by atoms with Gasteiger partial charge in [0, 0.05) is 43.5 Å². The molecule has 0 aromatic carbocycles. The fourth-order valence-electron chi connectivity index (χ4n) is 2.29. The third kappa shape index (κ3) is 2.06. The van der Waals surface area contributed by atoms with Gasteiger partial charge in [-0.1, -0.05) is 0 Å². The molecule has 15 heavy (non-hydrogen) atoms. The number of rotatable bonds is 3. The first-order valence-corrected chi connectivity index (χ1v) is 5.69. The second-order valence-corrected chi connectivity index (χ2v) is 3.96. The molecule has 4 heteroatoms. The smallest absolute Gasteiger partial charge is 0.0537 e. The summed E-state index contributed by atoms with van der Waals surface area (Å²) in [6.45, 7) is 5.36. The van der Waals surface area contributed by atoms with Crippen molar-refractivity contribution in [3.05, 3.63) is 17.5 Å². The lowest BCUT2D eigenvalue weighted by atomic mass is 9.93. The van der Waals surface area contributed by atoms with E-state index < -0.39 is 0 Å². The van der Waals surface area contributed by atoms with Crippen LogP contribution in [0, 0.1) is 0 Å². The Bertz CT molecular complexity index is 294. The molecule has 0 atom stereocenters. The molecule has 4 nitrogen and oxygen atoms in total. The van der Waals surface area contributed by atoms with E-state index in [0.29, 0.717) is 12.5 Å². The van der Waals surface area contributed by atoms with Gasteiger partial charge in [0.15, 0.2) is 0 Å². The Kier molecular flexibility index (Phi) is 3.38. The molecule has 84 valence electrons. The molecular weight excluding hydrogens is 190 g/mol. The molecule has 1 aromatic heterocycles. The Morgan fingerprint density at radius 3 is 2.87 bits per heavy atom. The Morgan fingerprint density at radius 2 is 2.27 bits per heavy atom. The van der Waals surface area contributed by atoms with Gasteiger partial charge in [-0.25, -0.2) is 0 Å². The van der Waals surface area contributed by atoms with Gasteiger partial charge in [0.25, 0.3) is 0 Å². The molecule has 2 N–H and O–H groups in total. The van der Waals surface area contributed by atoms with E-state index in [2.05, 4.69) is 16.7 Å². The van der Waals surface area contributed by atoms with E-state index in [-0.39, 0.29) is 0 Å². The van der Waals surface area contributed by atoms with Crippen molar-refractivity contribution in [1.82, 2.24) is 9.78 Å². The molecule has 0 saturated carbocycles. The van der Waals surface area contributed by atoms with E-state index in [4.69, 9.17) is 10.5 Å². The van der Waals surface area contributed by atoms with E-state index in [1.54, 1.807) is 0 Å².